The normalized spacial score (nSPS) is 10.4. The molecule has 0 saturated carbocycles. The van der Waals surface area contributed by atoms with Crippen LogP contribution < -0.4 is 5.32 Å². The van der Waals surface area contributed by atoms with Crippen molar-refractivity contribution in [3.8, 4) is 6.07 Å². The van der Waals surface area contributed by atoms with Gasteiger partial charge in [-0.25, -0.2) is 4.39 Å². The van der Waals surface area contributed by atoms with Crippen LogP contribution >= 0.6 is 22.9 Å². The number of benzene rings is 2. The Morgan fingerprint density at radius 1 is 1.27 bits per heavy atom. The van der Waals surface area contributed by atoms with Crippen molar-refractivity contribution in [2.75, 3.05) is 5.32 Å². The average Bonchev–Trinajstić information content (AvgIpc) is 2.93. The second-order valence-electron chi connectivity index (χ2n) is 4.52. The van der Waals surface area contributed by atoms with Gasteiger partial charge in [-0.1, -0.05) is 17.7 Å². The summed E-state index contributed by atoms with van der Waals surface area (Å²) in [7, 11) is 0. The van der Waals surface area contributed by atoms with E-state index in [4.69, 9.17) is 16.9 Å². The molecule has 3 aromatic rings. The minimum absolute atomic E-state index is 0.266. The van der Waals surface area contributed by atoms with Crippen molar-refractivity contribution in [3.05, 3.63) is 63.7 Å². The first-order valence-electron chi connectivity index (χ1n) is 6.27. The number of nitrogens with one attached hydrogen (secondary N) is 1. The zero-order chi connectivity index (χ0) is 15.7. The number of carbonyl (C=O) groups excluding carboxylic acids is 1. The molecule has 3 nitrogen and oxygen atoms in total. The number of nitriles is 1. The molecule has 1 N–H and O–H groups in total. The average molecular weight is 331 g/mol. The predicted octanol–water partition coefficient (Wildman–Crippen LogP) is 4.82. The lowest BCUT2D eigenvalue weighted by molar-refractivity contribution is 0.103. The van der Waals surface area contributed by atoms with E-state index in [0.29, 0.717) is 26.2 Å². The molecular formula is C16H8ClFN2OS. The molecule has 1 aromatic heterocycles. The number of hydrogen-bond donors (Lipinski definition) is 1. The number of fused-ring (bicyclic) bond motifs is 1. The fourth-order valence-electron chi connectivity index (χ4n) is 2.01. The summed E-state index contributed by atoms with van der Waals surface area (Å²) in [5.41, 5.74) is 0.815. The summed E-state index contributed by atoms with van der Waals surface area (Å²) in [5, 5.41) is 12.2. The quantitative estimate of drug-likeness (QED) is 0.732. The Kier molecular flexibility index (Phi) is 3.80. The molecule has 0 bridgehead atoms. The van der Waals surface area contributed by atoms with Gasteiger partial charge in [-0.05, 0) is 36.4 Å². The maximum atomic E-state index is 13.7. The predicted molar refractivity (Wildman–Crippen MR) is 85.9 cm³/mol. The van der Waals surface area contributed by atoms with Crippen LogP contribution in [0.4, 0.5) is 10.1 Å². The standard InChI is InChI=1S/C16H8ClFN2OS/c17-12-6-10(5-4-9(12)8-19)20-16(21)15-7-11-13(18)2-1-3-14(11)22-15/h1-7H,(H,20,21). The van der Waals surface area contributed by atoms with Gasteiger partial charge in [-0.15, -0.1) is 11.3 Å². The number of halogens is 2. The van der Waals surface area contributed by atoms with E-state index in [9.17, 15) is 9.18 Å². The van der Waals surface area contributed by atoms with Gasteiger partial charge in [0.1, 0.15) is 11.9 Å². The smallest absolute Gasteiger partial charge is 0.265 e. The Balaban J connectivity index is 1.89. The summed E-state index contributed by atoms with van der Waals surface area (Å²) in [6, 6.07) is 12.8. The largest absolute Gasteiger partial charge is 0.321 e. The van der Waals surface area contributed by atoms with Gasteiger partial charge < -0.3 is 5.32 Å². The second kappa shape index (κ2) is 5.76. The molecule has 0 spiro atoms. The highest BCUT2D eigenvalue weighted by Gasteiger charge is 2.13. The Hall–Kier alpha value is -2.42. The highest BCUT2D eigenvalue weighted by atomic mass is 35.5. The number of nitrogens with zero attached hydrogens (tertiary/aromatic N) is 1. The highest BCUT2D eigenvalue weighted by Crippen LogP contribution is 2.28. The van der Waals surface area contributed by atoms with E-state index in [0.717, 1.165) is 0 Å². The zero-order valence-electron chi connectivity index (χ0n) is 11.1. The Labute approximate surface area is 134 Å². The van der Waals surface area contributed by atoms with E-state index in [1.54, 1.807) is 18.2 Å². The number of carbonyl (C=O) groups is 1. The van der Waals surface area contributed by atoms with E-state index in [2.05, 4.69) is 5.32 Å². The Morgan fingerprint density at radius 2 is 2.09 bits per heavy atom. The Morgan fingerprint density at radius 3 is 2.77 bits per heavy atom. The van der Waals surface area contributed by atoms with Crippen LogP contribution in [0.15, 0.2) is 42.5 Å². The molecule has 1 amide bonds. The molecule has 0 aliphatic rings. The lowest BCUT2D eigenvalue weighted by atomic mass is 10.2. The van der Waals surface area contributed by atoms with E-state index < -0.39 is 0 Å². The third-order valence-electron chi connectivity index (χ3n) is 3.08. The van der Waals surface area contributed by atoms with Crippen molar-refractivity contribution in [2.24, 2.45) is 0 Å². The molecule has 2 aromatic carbocycles. The summed E-state index contributed by atoms with van der Waals surface area (Å²) in [6.45, 7) is 0. The van der Waals surface area contributed by atoms with Crippen LogP contribution in [0.5, 0.6) is 0 Å². The molecule has 0 radical (unpaired) electrons. The van der Waals surface area contributed by atoms with Gasteiger partial charge in [-0.2, -0.15) is 5.26 Å². The third kappa shape index (κ3) is 2.67. The van der Waals surface area contributed by atoms with Crippen LogP contribution in [0.25, 0.3) is 10.1 Å². The van der Waals surface area contributed by atoms with E-state index in [1.165, 1.54) is 35.6 Å². The lowest BCUT2D eigenvalue weighted by Crippen LogP contribution is -2.10. The maximum absolute atomic E-state index is 13.7. The van der Waals surface area contributed by atoms with Gasteiger partial charge in [0.2, 0.25) is 0 Å². The number of hydrogen-bond acceptors (Lipinski definition) is 3. The summed E-state index contributed by atoms with van der Waals surface area (Å²) in [6.07, 6.45) is 0. The molecule has 3 rings (SSSR count). The number of rotatable bonds is 2. The van der Waals surface area contributed by atoms with Crippen LogP contribution in [0.2, 0.25) is 5.02 Å². The molecule has 0 atom stereocenters. The van der Waals surface area contributed by atoms with Gasteiger partial charge >= 0.3 is 0 Å². The molecule has 108 valence electrons. The van der Waals surface area contributed by atoms with Gasteiger partial charge in [0.15, 0.2) is 0 Å². The van der Waals surface area contributed by atoms with Gasteiger partial charge in [-0.3, -0.25) is 4.79 Å². The minimum atomic E-state index is -0.353. The van der Waals surface area contributed by atoms with Gasteiger partial charge in [0.25, 0.3) is 5.91 Å². The Bertz CT molecular complexity index is 930. The van der Waals surface area contributed by atoms with Gasteiger partial charge in [0.05, 0.1) is 15.5 Å². The van der Waals surface area contributed by atoms with E-state index >= 15 is 0 Å². The van der Waals surface area contributed by atoms with Crippen LogP contribution in [0.3, 0.4) is 0 Å². The fourth-order valence-corrected chi connectivity index (χ4v) is 3.21. The van der Waals surface area contributed by atoms with Crippen molar-refractivity contribution in [1.29, 1.82) is 5.26 Å². The van der Waals surface area contributed by atoms with Crippen LogP contribution in [-0.2, 0) is 0 Å². The summed E-state index contributed by atoms with van der Waals surface area (Å²) in [5.74, 6) is -0.699. The monoisotopic (exact) mass is 330 g/mol. The number of amides is 1. The van der Waals surface area contributed by atoms with Crippen molar-refractivity contribution < 1.29 is 9.18 Å². The molecule has 0 aliphatic heterocycles. The first-order chi connectivity index (χ1) is 10.6. The van der Waals surface area contributed by atoms with E-state index in [-0.39, 0.29) is 16.7 Å². The molecular weight excluding hydrogens is 323 g/mol. The van der Waals surface area contributed by atoms with Crippen molar-refractivity contribution >= 4 is 44.6 Å². The summed E-state index contributed by atoms with van der Waals surface area (Å²) >= 11 is 7.14. The first kappa shape index (κ1) is 14.5. The molecule has 22 heavy (non-hydrogen) atoms. The molecule has 1 heterocycles. The maximum Gasteiger partial charge on any atom is 0.265 e. The first-order valence-corrected chi connectivity index (χ1v) is 7.47. The summed E-state index contributed by atoms with van der Waals surface area (Å²) in [4.78, 5) is 12.6. The zero-order valence-corrected chi connectivity index (χ0v) is 12.6. The highest BCUT2D eigenvalue weighted by molar-refractivity contribution is 7.20. The molecule has 0 unspecified atom stereocenters. The molecule has 0 aliphatic carbocycles. The summed E-state index contributed by atoms with van der Waals surface area (Å²) < 4.78 is 14.4. The molecule has 0 fully saturated rings. The van der Waals surface area contributed by atoms with Crippen LogP contribution in [0.1, 0.15) is 15.2 Å². The lowest BCUT2D eigenvalue weighted by Gasteiger charge is -2.04. The van der Waals surface area contributed by atoms with Crippen molar-refractivity contribution in [2.45, 2.75) is 0 Å². The SMILES string of the molecule is N#Cc1ccc(NC(=O)c2cc3c(F)cccc3s2)cc1Cl. The fraction of sp³-hybridized carbons (Fsp3) is 0. The van der Waals surface area contributed by atoms with Crippen molar-refractivity contribution in [3.63, 3.8) is 0 Å². The third-order valence-corrected chi connectivity index (χ3v) is 4.49. The molecule has 0 saturated heterocycles. The molecule has 6 heteroatoms. The van der Waals surface area contributed by atoms with Crippen molar-refractivity contribution in [1.82, 2.24) is 0 Å². The van der Waals surface area contributed by atoms with Crippen LogP contribution in [-0.4, -0.2) is 5.91 Å². The number of anilines is 1. The van der Waals surface area contributed by atoms with Gasteiger partial charge in [0, 0.05) is 15.8 Å². The van der Waals surface area contributed by atoms with Crippen LogP contribution in [0, 0.1) is 17.1 Å². The minimum Gasteiger partial charge on any atom is -0.321 e. The topological polar surface area (TPSA) is 52.9 Å². The van der Waals surface area contributed by atoms with E-state index in [1.807, 2.05) is 6.07 Å². The number of thiophene rings is 1. The second-order valence-corrected chi connectivity index (χ2v) is 6.01.